The minimum absolute atomic E-state index is 0.122. The fourth-order valence-corrected chi connectivity index (χ4v) is 2.03. The Morgan fingerprint density at radius 1 is 1.13 bits per heavy atom. The van der Waals surface area contributed by atoms with Crippen molar-refractivity contribution in [1.82, 2.24) is 4.90 Å². The van der Waals surface area contributed by atoms with Crippen molar-refractivity contribution in [2.24, 2.45) is 5.92 Å². The summed E-state index contributed by atoms with van der Waals surface area (Å²) in [6, 6.07) is -1.59. The highest BCUT2D eigenvalue weighted by molar-refractivity contribution is 4.91. The van der Waals surface area contributed by atoms with Crippen molar-refractivity contribution >= 4 is 0 Å². The number of alkyl halides is 3. The molecule has 1 heterocycles. The fourth-order valence-electron chi connectivity index (χ4n) is 2.03. The van der Waals surface area contributed by atoms with Crippen LogP contribution in [-0.2, 0) is 0 Å². The lowest BCUT2D eigenvalue weighted by Crippen LogP contribution is -2.48. The third-order valence-electron chi connectivity index (χ3n) is 2.65. The van der Waals surface area contributed by atoms with E-state index in [-0.39, 0.29) is 13.1 Å². The molecule has 1 fully saturated rings. The van der Waals surface area contributed by atoms with Crippen LogP contribution in [0.1, 0.15) is 13.8 Å². The monoisotopic (exact) mass is 227 g/mol. The summed E-state index contributed by atoms with van der Waals surface area (Å²) in [7, 11) is 0. The molecule has 3 nitrogen and oxygen atoms in total. The second-order valence-electron chi connectivity index (χ2n) is 4.32. The van der Waals surface area contributed by atoms with Crippen LogP contribution < -0.4 is 0 Å². The molecule has 0 spiro atoms. The number of aliphatic hydroxyl groups excluding tert-OH is 2. The summed E-state index contributed by atoms with van der Waals surface area (Å²) in [5, 5.41) is 18.4. The zero-order chi connectivity index (χ0) is 11.8. The molecule has 0 bridgehead atoms. The molecule has 0 aliphatic carbocycles. The lowest BCUT2D eigenvalue weighted by atomic mass is 10.0. The average Bonchev–Trinajstić information content (AvgIpc) is 2.27. The first-order valence-corrected chi connectivity index (χ1v) is 4.90. The van der Waals surface area contributed by atoms with Crippen LogP contribution in [-0.4, -0.2) is 52.6 Å². The molecular formula is C9H16F3NO2. The highest BCUT2D eigenvalue weighted by Crippen LogP contribution is 2.32. The lowest BCUT2D eigenvalue weighted by Gasteiger charge is -2.32. The van der Waals surface area contributed by atoms with Gasteiger partial charge in [0.05, 0.1) is 12.2 Å². The summed E-state index contributed by atoms with van der Waals surface area (Å²) in [4.78, 5) is 1.10. The summed E-state index contributed by atoms with van der Waals surface area (Å²) in [5.41, 5.74) is 0. The lowest BCUT2D eigenvalue weighted by molar-refractivity contribution is -0.193. The normalized spacial score (nSPS) is 31.2. The van der Waals surface area contributed by atoms with E-state index in [4.69, 9.17) is 0 Å². The molecule has 1 rings (SSSR count). The maximum Gasteiger partial charge on any atom is 0.404 e. The van der Waals surface area contributed by atoms with Crippen molar-refractivity contribution in [1.29, 1.82) is 0 Å². The molecule has 1 saturated heterocycles. The van der Waals surface area contributed by atoms with Crippen molar-refractivity contribution in [2.45, 2.75) is 38.3 Å². The molecule has 3 atom stereocenters. The highest BCUT2D eigenvalue weighted by atomic mass is 19.4. The summed E-state index contributed by atoms with van der Waals surface area (Å²) < 4.78 is 38.0. The van der Waals surface area contributed by atoms with Crippen LogP contribution in [0.3, 0.4) is 0 Å². The Morgan fingerprint density at radius 3 is 1.80 bits per heavy atom. The largest absolute Gasteiger partial charge is 0.404 e. The summed E-state index contributed by atoms with van der Waals surface area (Å²) in [6.45, 7) is 2.72. The molecule has 1 aliphatic heterocycles. The van der Waals surface area contributed by atoms with Crippen molar-refractivity contribution < 1.29 is 23.4 Å². The van der Waals surface area contributed by atoms with Crippen LogP contribution in [0.5, 0.6) is 0 Å². The van der Waals surface area contributed by atoms with Crippen LogP contribution in [0.15, 0.2) is 0 Å². The van der Waals surface area contributed by atoms with Gasteiger partial charge in [-0.3, -0.25) is 4.90 Å². The molecule has 3 unspecified atom stereocenters. The first-order chi connectivity index (χ1) is 6.73. The van der Waals surface area contributed by atoms with Gasteiger partial charge in [-0.2, -0.15) is 13.2 Å². The van der Waals surface area contributed by atoms with E-state index in [1.807, 2.05) is 0 Å². The van der Waals surface area contributed by atoms with Gasteiger partial charge < -0.3 is 10.2 Å². The molecule has 15 heavy (non-hydrogen) atoms. The van der Waals surface area contributed by atoms with Crippen molar-refractivity contribution in [3.05, 3.63) is 0 Å². The minimum Gasteiger partial charge on any atom is -0.389 e. The summed E-state index contributed by atoms with van der Waals surface area (Å²) in [5.74, 6) is -0.595. The third-order valence-corrected chi connectivity index (χ3v) is 2.65. The van der Waals surface area contributed by atoms with Gasteiger partial charge >= 0.3 is 6.18 Å². The third kappa shape index (κ3) is 2.83. The Morgan fingerprint density at radius 2 is 1.53 bits per heavy atom. The molecule has 0 aromatic carbocycles. The van der Waals surface area contributed by atoms with Crippen LogP contribution in [0.4, 0.5) is 13.2 Å². The number of likely N-dealkylation sites (tertiary alicyclic amines) is 1. The van der Waals surface area contributed by atoms with E-state index < -0.39 is 30.3 Å². The van der Waals surface area contributed by atoms with E-state index in [0.29, 0.717) is 0 Å². The summed E-state index contributed by atoms with van der Waals surface area (Å²) >= 11 is 0. The Labute approximate surface area is 86.5 Å². The van der Waals surface area contributed by atoms with Crippen LogP contribution >= 0.6 is 0 Å². The van der Waals surface area contributed by atoms with Gasteiger partial charge in [-0.1, -0.05) is 13.8 Å². The van der Waals surface area contributed by atoms with Gasteiger partial charge in [-0.25, -0.2) is 0 Å². The van der Waals surface area contributed by atoms with E-state index in [2.05, 4.69) is 0 Å². The molecule has 1 aliphatic rings. The summed E-state index contributed by atoms with van der Waals surface area (Å²) in [6.07, 6.45) is -6.47. The SMILES string of the molecule is CC(C)C(N1CC(O)C(O)C1)C(F)(F)F. The molecule has 2 N–H and O–H groups in total. The van der Waals surface area contributed by atoms with Crippen molar-refractivity contribution in [3.8, 4) is 0 Å². The van der Waals surface area contributed by atoms with Crippen LogP contribution in [0.2, 0.25) is 0 Å². The molecule has 0 aromatic rings. The molecular weight excluding hydrogens is 211 g/mol. The maximum atomic E-state index is 12.7. The predicted octanol–water partition coefficient (Wildman–Crippen LogP) is 0.611. The zero-order valence-corrected chi connectivity index (χ0v) is 8.70. The van der Waals surface area contributed by atoms with Crippen LogP contribution in [0, 0.1) is 5.92 Å². The number of hydrogen-bond acceptors (Lipinski definition) is 3. The smallest absolute Gasteiger partial charge is 0.389 e. The molecule has 0 saturated carbocycles. The fraction of sp³-hybridized carbons (Fsp3) is 1.00. The zero-order valence-electron chi connectivity index (χ0n) is 8.70. The van der Waals surface area contributed by atoms with Gasteiger partial charge in [0, 0.05) is 13.1 Å². The van der Waals surface area contributed by atoms with E-state index >= 15 is 0 Å². The second kappa shape index (κ2) is 4.27. The van der Waals surface area contributed by atoms with E-state index in [1.54, 1.807) is 0 Å². The Bertz CT molecular complexity index is 210. The average molecular weight is 227 g/mol. The van der Waals surface area contributed by atoms with E-state index in [0.717, 1.165) is 4.90 Å². The first-order valence-electron chi connectivity index (χ1n) is 4.90. The van der Waals surface area contributed by atoms with Crippen LogP contribution in [0.25, 0.3) is 0 Å². The van der Waals surface area contributed by atoms with E-state index in [1.165, 1.54) is 13.8 Å². The van der Waals surface area contributed by atoms with Gasteiger partial charge in [0.25, 0.3) is 0 Å². The number of rotatable bonds is 2. The topological polar surface area (TPSA) is 43.7 Å². The van der Waals surface area contributed by atoms with E-state index in [9.17, 15) is 23.4 Å². The molecule has 0 radical (unpaired) electrons. The quantitative estimate of drug-likeness (QED) is 0.726. The van der Waals surface area contributed by atoms with Crippen molar-refractivity contribution in [3.63, 3.8) is 0 Å². The highest BCUT2D eigenvalue weighted by Gasteiger charge is 2.48. The number of aliphatic hydroxyl groups is 2. The van der Waals surface area contributed by atoms with Gasteiger partial charge in [0.1, 0.15) is 6.04 Å². The number of β-amino-alcohol motifs (C(OH)–C–C–N with tert-alkyl or cyclic N) is 2. The Balaban J connectivity index is 2.75. The Kier molecular flexibility index (Phi) is 3.63. The minimum atomic E-state index is -4.32. The standard InChI is InChI=1S/C9H16F3NO2/c1-5(2)8(9(10,11)12)13-3-6(14)7(15)4-13/h5-8,14-15H,3-4H2,1-2H3. The molecule has 0 aromatic heterocycles. The predicted molar refractivity (Wildman–Crippen MR) is 48.3 cm³/mol. The maximum absolute atomic E-state index is 12.7. The van der Waals surface area contributed by atoms with Gasteiger partial charge in [-0.05, 0) is 5.92 Å². The van der Waals surface area contributed by atoms with Crippen molar-refractivity contribution in [2.75, 3.05) is 13.1 Å². The number of hydrogen-bond donors (Lipinski definition) is 2. The van der Waals surface area contributed by atoms with Gasteiger partial charge in [0.15, 0.2) is 0 Å². The molecule has 90 valence electrons. The second-order valence-corrected chi connectivity index (χ2v) is 4.32. The van der Waals surface area contributed by atoms with Gasteiger partial charge in [-0.15, -0.1) is 0 Å². The number of nitrogens with zero attached hydrogens (tertiary/aromatic N) is 1. The number of halogens is 3. The molecule has 6 heteroatoms. The molecule has 0 amide bonds. The first kappa shape index (κ1) is 12.7. The van der Waals surface area contributed by atoms with Gasteiger partial charge in [0.2, 0.25) is 0 Å². The Hall–Kier alpha value is -0.330.